The molecule has 2 heteroatoms. The molecule has 0 aliphatic carbocycles. The first kappa shape index (κ1) is 33.6. The van der Waals surface area contributed by atoms with Crippen LogP contribution in [0, 0.1) is 0 Å². The van der Waals surface area contributed by atoms with Gasteiger partial charge >= 0.3 is 0 Å². The van der Waals surface area contributed by atoms with Crippen molar-refractivity contribution in [2.24, 2.45) is 0 Å². The van der Waals surface area contributed by atoms with Crippen molar-refractivity contribution >= 4 is 60.4 Å². The summed E-state index contributed by atoms with van der Waals surface area (Å²) in [5, 5.41) is 7.42. The number of para-hydroxylation sites is 1. The molecule has 10 aromatic carbocycles. The maximum absolute atomic E-state index is 2.44. The maximum Gasteiger partial charge on any atom is 0.0619 e. The molecule has 0 saturated heterocycles. The van der Waals surface area contributed by atoms with E-state index in [0.717, 1.165) is 22.7 Å². The van der Waals surface area contributed by atoms with Gasteiger partial charge in [0.2, 0.25) is 0 Å². The van der Waals surface area contributed by atoms with E-state index in [0.29, 0.717) is 0 Å². The summed E-state index contributed by atoms with van der Waals surface area (Å²) in [7, 11) is 0. The molecular formula is C56H38N2. The Kier molecular flexibility index (Phi) is 8.19. The van der Waals surface area contributed by atoms with Gasteiger partial charge in [0.1, 0.15) is 0 Å². The predicted octanol–water partition coefficient (Wildman–Crippen LogP) is 15.6. The van der Waals surface area contributed by atoms with Gasteiger partial charge in [0.05, 0.1) is 11.0 Å². The third kappa shape index (κ3) is 5.82. The van der Waals surface area contributed by atoms with E-state index in [2.05, 4.69) is 240 Å². The molecule has 0 atom stereocenters. The second-order valence-corrected chi connectivity index (χ2v) is 15.0. The van der Waals surface area contributed by atoms with Gasteiger partial charge in [-0.2, -0.15) is 0 Å². The minimum atomic E-state index is 1.10. The van der Waals surface area contributed by atoms with Crippen LogP contribution in [0.4, 0.5) is 17.1 Å². The Balaban J connectivity index is 1.07. The Morgan fingerprint density at radius 1 is 0.310 bits per heavy atom. The number of hydrogen-bond donors (Lipinski definition) is 0. The molecule has 0 amide bonds. The Labute approximate surface area is 338 Å². The molecule has 2 nitrogen and oxygen atoms in total. The topological polar surface area (TPSA) is 8.17 Å². The molecule has 0 bridgehead atoms. The number of fused-ring (bicyclic) bond motifs is 6. The SMILES string of the molecule is c1ccc(-c2cccc(-c3ccc(N(c4cccc(-c5cccc6c5c5ccc7ccccc7c5n6-c5ccccc5)c4)c4ccc5ccccc5c4)cc3)c2)cc1. The molecule has 1 aromatic heterocycles. The highest BCUT2D eigenvalue weighted by Crippen LogP contribution is 2.44. The first-order valence-corrected chi connectivity index (χ1v) is 19.9. The summed E-state index contributed by atoms with van der Waals surface area (Å²) < 4.78 is 2.44. The Hall–Kier alpha value is -7.68. The standard InChI is InChI=1S/C56H38N2/c1-3-14-39(15-4-1)43-19-11-20-44(36-43)41-28-32-48(33-29-41)57(50-34-30-40-16-7-8-18-45(40)37-50)49-24-12-21-46(38-49)51-26-13-27-54-55(51)53-35-31-42-17-9-10-25-52(42)56(53)58(54)47-22-5-2-6-23-47/h1-38H. The van der Waals surface area contributed by atoms with E-state index < -0.39 is 0 Å². The number of rotatable bonds is 7. The quantitative estimate of drug-likeness (QED) is 0.158. The number of hydrogen-bond acceptors (Lipinski definition) is 1. The van der Waals surface area contributed by atoms with Crippen LogP contribution in [-0.4, -0.2) is 4.57 Å². The minimum absolute atomic E-state index is 1.10. The van der Waals surface area contributed by atoms with Crippen molar-refractivity contribution in [3.63, 3.8) is 0 Å². The van der Waals surface area contributed by atoms with Crippen LogP contribution in [-0.2, 0) is 0 Å². The summed E-state index contributed by atoms with van der Waals surface area (Å²) in [6.45, 7) is 0. The molecule has 0 fully saturated rings. The van der Waals surface area contributed by atoms with Gasteiger partial charge in [-0.05, 0) is 110 Å². The van der Waals surface area contributed by atoms with Gasteiger partial charge in [0, 0.05) is 38.9 Å². The summed E-state index contributed by atoms with van der Waals surface area (Å²) >= 11 is 0. The molecule has 11 rings (SSSR count). The largest absolute Gasteiger partial charge is 0.310 e. The number of anilines is 3. The Bertz CT molecular complexity index is 3270. The van der Waals surface area contributed by atoms with E-state index >= 15 is 0 Å². The Morgan fingerprint density at radius 3 is 1.71 bits per heavy atom. The first-order valence-electron chi connectivity index (χ1n) is 19.9. The van der Waals surface area contributed by atoms with E-state index in [1.807, 2.05) is 0 Å². The van der Waals surface area contributed by atoms with Crippen molar-refractivity contribution in [1.29, 1.82) is 0 Å². The zero-order valence-electron chi connectivity index (χ0n) is 31.8. The second kappa shape index (κ2) is 14.1. The number of benzene rings is 10. The molecule has 0 spiro atoms. The van der Waals surface area contributed by atoms with Crippen molar-refractivity contribution in [2.45, 2.75) is 0 Å². The van der Waals surface area contributed by atoms with Crippen LogP contribution in [0.5, 0.6) is 0 Å². The molecule has 0 unspecified atom stereocenters. The number of aromatic nitrogens is 1. The molecule has 0 radical (unpaired) electrons. The van der Waals surface area contributed by atoms with Gasteiger partial charge in [-0.15, -0.1) is 0 Å². The van der Waals surface area contributed by atoms with Crippen LogP contribution in [0.25, 0.3) is 82.4 Å². The monoisotopic (exact) mass is 738 g/mol. The Morgan fingerprint density at radius 2 is 0.897 bits per heavy atom. The molecule has 0 aliphatic heterocycles. The minimum Gasteiger partial charge on any atom is -0.310 e. The van der Waals surface area contributed by atoms with Crippen LogP contribution in [0.15, 0.2) is 231 Å². The van der Waals surface area contributed by atoms with Crippen LogP contribution in [0.3, 0.4) is 0 Å². The zero-order chi connectivity index (χ0) is 38.4. The molecule has 0 saturated carbocycles. The van der Waals surface area contributed by atoms with Crippen molar-refractivity contribution < 1.29 is 0 Å². The lowest BCUT2D eigenvalue weighted by Gasteiger charge is -2.26. The summed E-state index contributed by atoms with van der Waals surface area (Å²) in [6.07, 6.45) is 0. The average Bonchev–Trinajstić information content (AvgIpc) is 3.65. The first-order chi connectivity index (χ1) is 28.8. The highest BCUT2D eigenvalue weighted by atomic mass is 15.1. The fraction of sp³-hybridized carbons (Fsp3) is 0. The molecule has 272 valence electrons. The van der Waals surface area contributed by atoms with E-state index in [-0.39, 0.29) is 0 Å². The summed E-state index contributed by atoms with van der Waals surface area (Å²) in [6, 6.07) is 83.7. The van der Waals surface area contributed by atoms with E-state index in [1.54, 1.807) is 0 Å². The molecular weight excluding hydrogens is 701 g/mol. The van der Waals surface area contributed by atoms with Gasteiger partial charge in [-0.25, -0.2) is 0 Å². The van der Waals surface area contributed by atoms with Gasteiger partial charge in [0.25, 0.3) is 0 Å². The predicted molar refractivity (Wildman–Crippen MR) is 247 cm³/mol. The van der Waals surface area contributed by atoms with Crippen molar-refractivity contribution in [2.75, 3.05) is 4.90 Å². The van der Waals surface area contributed by atoms with Crippen molar-refractivity contribution in [3.05, 3.63) is 231 Å². The third-order valence-corrected chi connectivity index (χ3v) is 11.5. The molecule has 0 N–H and O–H groups in total. The molecule has 58 heavy (non-hydrogen) atoms. The van der Waals surface area contributed by atoms with E-state index in [4.69, 9.17) is 0 Å². The average molecular weight is 739 g/mol. The van der Waals surface area contributed by atoms with Crippen molar-refractivity contribution in [1.82, 2.24) is 4.57 Å². The lowest BCUT2D eigenvalue weighted by molar-refractivity contribution is 1.19. The van der Waals surface area contributed by atoms with Gasteiger partial charge < -0.3 is 9.47 Å². The van der Waals surface area contributed by atoms with Crippen LogP contribution in [0.2, 0.25) is 0 Å². The van der Waals surface area contributed by atoms with Crippen LogP contribution < -0.4 is 4.90 Å². The summed E-state index contributed by atoms with van der Waals surface area (Å²) in [4.78, 5) is 2.39. The van der Waals surface area contributed by atoms with Gasteiger partial charge in [-0.1, -0.05) is 170 Å². The van der Waals surface area contributed by atoms with E-state index in [1.165, 1.54) is 76.7 Å². The molecule has 11 aromatic rings. The summed E-state index contributed by atoms with van der Waals surface area (Å²) in [5.74, 6) is 0. The fourth-order valence-electron chi connectivity index (χ4n) is 8.80. The maximum atomic E-state index is 2.44. The van der Waals surface area contributed by atoms with Crippen molar-refractivity contribution in [3.8, 4) is 39.1 Å². The van der Waals surface area contributed by atoms with Gasteiger partial charge in [-0.3, -0.25) is 0 Å². The van der Waals surface area contributed by atoms with Crippen LogP contribution >= 0.6 is 0 Å². The highest BCUT2D eigenvalue weighted by Gasteiger charge is 2.20. The normalized spacial score (nSPS) is 11.4. The molecule has 1 heterocycles. The smallest absolute Gasteiger partial charge is 0.0619 e. The van der Waals surface area contributed by atoms with Gasteiger partial charge in [0.15, 0.2) is 0 Å². The zero-order valence-corrected chi connectivity index (χ0v) is 31.8. The third-order valence-electron chi connectivity index (χ3n) is 11.5. The van der Waals surface area contributed by atoms with Crippen LogP contribution in [0.1, 0.15) is 0 Å². The fourth-order valence-corrected chi connectivity index (χ4v) is 8.80. The second-order valence-electron chi connectivity index (χ2n) is 15.0. The highest BCUT2D eigenvalue weighted by molar-refractivity contribution is 6.22. The number of nitrogens with zero attached hydrogens (tertiary/aromatic N) is 2. The molecule has 0 aliphatic rings. The summed E-state index contributed by atoms with van der Waals surface area (Å²) in [5.41, 5.74) is 14.1. The lowest BCUT2D eigenvalue weighted by atomic mass is 9.97. The van der Waals surface area contributed by atoms with E-state index in [9.17, 15) is 0 Å². The lowest BCUT2D eigenvalue weighted by Crippen LogP contribution is -2.10.